The van der Waals surface area contributed by atoms with Crippen LogP contribution in [0, 0.1) is 11.6 Å². The molecule has 31 heavy (non-hydrogen) atoms. The van der Waals surface area contributed by atoms with E-state index in [-0.39, 0.29) is 41.8 Å². The number of pyridine rings is 1. The Bertz CT molecular complexity index is 1070. The Hall–Kier alpha value is -3.27. The van der Waals surface area contributed by atoms with Crippen LogP contribution in [0.3, 0.4) is 0 Å². The van der Waals surface area contributed by atoms with Crippen molar-refractivity contribution in [3.8, 4) is 5.75 Å². The number of halogens is 2. The van der Waals surface area contributed by atoms with E-state index in [4.69, 9.17) is 9.84 Å². The van der Waals surface area contributed by atoms with Gasteiger partial charge in [-0.2, -0.15) is 0 Å². The zero-order valence-electron chi connectivity index (χ0n) is 17.2. The van der Waals surface area contributed by atoms with Gasteiger partial charge in [0, 0.05) is 50.1 Å². The third-order valence-corrected chi connectivity index (χ3v) is 5.27. The molecular formula is C21H23F2N3O5. The average molecular weight is 435 g/mol. The first-order chi connectivity index (χ1) is 14.8. The lowest BCUT2D eigenvalue weighted by atomic mass is 10.1. The third-order valence-electron chi connectivity index (χ3n) is 5.27. The van der Waals surface area contributed by atoms with Gasteiger partial charge >= 0.3 is 0 Å². The number of nitrogens with one attached hydrogen (secondary N) is 1. The van der Waals surface area contributed by atoms with Crippen molar-refractivity contribution >= 4 is 11.8 Å². The molecule has 0 unspecified atom stereocenters. The fraction of sp³-hybridized carbons (Fsp3) is 0.381. The van der Waals surface area contributed by atoms with Gasteiger partial charge in [0.15, 0.2) is 11.4 Å². The first-order valence-electron chi connectivity index (χ1n) is 9.73. The van der Waals surface area contributed by atoms with Gasteiger partial charge in [-0.05, 0) is 19.4 Å². The maximum absolute atomic E-state index is 13.8. The van der Waals surface area contributed by atoms with Crippen LogP contribution in [0.1, 0.15) is 39.8 Å². The highest BCUT2D eigenvalue weighted by atomic mass is 19.1. The summed E-state index contributed by atoms with van der Waals surface area (Å²) in [6.07, 6.45) is 1.67. The van der Waals surface area contributed by atoms with E-state index in [1.165, 1.54) is 23.9 Å². The van der Waals surface area contributed by atoms with Crippen LogP contribution in [-0.4, -0.2) is 52.7 Å². The predicted octanol–water partition coefficient (Wildman–Crippen LogP) is 1.29. The van der Waals surface area contributed by atoms with Crippen molar-refractivity contribution in [2.24, 2.45) is 0 Å². The molecule has 0 bridgehead atoms. The lowest BCUT2D eigenvalue weighted by Gasteiger charge is -2.35. The maximum atomic E-state index is 13.8. The summed E-state index contributed by atoms with van der Waals surface area (Å²) < 4.78 is 33.5. The summed E-state index contributed by atoms with van der Waals surface area (Å²) in [6, 6.07) is 2.73. The SMILES string of the molecule is COc1c2n(cc(C(=O)NCc3ccc(F)cc3F)c1=O)CCN([C@H](C)CCO)C2=O. The summed E-state index contributed by atoms with van der Waals surface area (Å²) >= 11 is 0. The molecule has 2 aromatic rings. The van der Waals surface area contributed by atoms with Crippen LogP contribution in [0.4, 0.5) is 8.78 Å². The van der Waals surface area contributed by atoms with Crippen LogP contribution in [0.25, 0.3) is 0 Å². The molecule has 0 radical (unpaired) electrons. The molecule has 2 amide bonds. The second-order valence-corrected chi connectivity index (χ2v) is 7.23. The molecule has 1 aromatic carbocycles. The quantitative estimate of drug-likeness (QED) is 0.683. The number of amides is 2. The Kier molecular flexibility index (Phi) is 6.69. The largest absolute Gasteiger partial charge is 0.491 e. The molecule has 1 aromatic heterocycles. The minimum absolute atomic E-state index is 0.0321. The van der Waals surface area contributed by atoms with Crippen LogP contribution in [0.2, 0.25) is 0 Å². The minimum Gasteiger partial charge on any atom is -0.491 e. The van der Waals surface area contributed by atoms with Crippen molar-refractivity contribution in [2.45, 2.75) is 32.5 Å². The van der Waals surface area contributed by atoms with E-state index in [0.29, 0.717) is 25.6 Å². The fourth-order valence-electron chi connectivity index (χ4n) is 3.54. The highest BCUT2D eigenvalue weighted by molar-refractivity contribution is 5.99. The summed E-state index contributed by atoms with van der Waals surface area (Å²) in [5.41, 5.74) is -0.934. The van der Waals surface area contributed by atoms with Crippen molar-refractivity contribution in [2.75, 3.05) is 20.3 Å². The van der Waals surface area contributed by atoms with Crippen LogP contribution in [0.5, 0.6) is 5.75 Å². The van der Waals surface area contributed by atoms with Gasteiger partial charge in [0.2, 0.25) is 5.43 Å². The van der Waals surface area contributed by atoms with E-state index in [1.807, 2.05) is 0 Å². The lowest BCUT2D eigenvalue weighted by molar-refractivity contribution is 0.0597. The van der Waals surface area contributed by atoms with Gasteiger partial charge in [0.25, 0.3) is 11.8 Å². The fourth-order valence-corrected chi connectivity index (χ4v) is 3.54. The van der Waals surface area contributed by atoms with Crippen molar-refractivity contribution < 1.29 is 28.2 Å². The number of aromatic nitrogens is 1. The number of aliphatic hydroxyl groups is 1. The summed E-state index contributed by atoms with van der Waals surface area (Å²) in [6.45, 7) is 2.12. The van der Waals surface area contributed by atoms with Gasteiger partial charge in [0.1, 0.15) is 17.2 Å². The Labute approximate surface area is 177 Å². The monoisotopic (exact) mass is 435 g/mol. The molecule has 3 rings (SSSR count). The molecule has 1 atom stereocenters. The van der Waals surface area contributed by atoms with Crippen molar-refractivity contribution in [3.63, 3.8) is 0 Å². The van der Waals surface area contributed by atoms with E-state index in [1.54, 1.807) is 11.8 Å². The number of benzene rings is 1. The molecule has 0 aliphatic carbocycles. The molecule has 8 nitrogen and oxygen atoms in total. The standard InChI is InChI=1S/C21H23F2N3O5/c1-12(5-8-27)26-7-6-25-11-15(18(28)19(31-2)17(25)21(26)30)20(29)24-10-13-3-4-14(22)9-16(13)23/h3-4,9,11-12,27H,5-8,10H2,1-2H3,(H,24,29)/t12-/m1/s1. The van der Waals surface area contributed by atoms with Crippen LogP contribution in [-0.2, 0) is 13.1 Å². The topological polar surface area (TPSA) is 101 Å². The number of methoxy groups -OCH3 is 1. The molecule has 10 heteroatoms. The lowest BCUT2D eigenvalue weighted by Crippen LogP contribution is -2.47. The van der Waals surface area contributed by atoms with E-state index in [2.05, 4.69) is 5.32 Å². The number of fused-ring (bicyclic) bond motifs is 1. The highest BCUT2D eigenvalue weighted by Gasteiger charge is 2.33. The molecule has 0 saturated heterocycles. The van der Waals surface area contributed by atoms with E-state index in [0.717, 1.165) is 6.07 Å². The number of rotatable bonds is 7. The Morgan fingerprint density at radius 3 is 2.68 bits per heavy atom. The van der Waals surface area contributed by atoms with E-state index >= 15 is 0 Å². The van der Waals surface area contributed by atoms with Gasteiger partial charge in [-0.3, -0.25) is 14.4 Å². The second-order valence-electron chi connectivity index (χ2n) is 7.23. The number of nitrogens with zero attached hydrogens (tertiary/aromatic N) is 2. The molecule has 166 valence electrons. The van der Waals surface area contributed by atoms with Crippen LogP contribution >= 0.6 is 0 Å². The average Bonchev–Trinajstić information content (AvgIpc) is 2.73. The van der Waals surface area contributed by atoms with Gasteiger partial charge in [-0.15, -0.1) is 0 Å². The third kappa shape index (κ3) is 4.43. The van der Waals surface area contributed by atoms with Crippen molar-refractivity contribution in [1.82, 2.24) is 14.8 Å². The molecule has 0 spiro atoms. The Morgan fingerprint density at radius 1 is 1.29 bits per heavy atom. The van der Waals surface area contributed by atoms with Gasteiger partial charge in [-0.1, -0.05) is 6.07 Å². The zero-order chi connectivity index (χ0) is 22.7. The summed E-state index contributed by atoms with van der Waals surface area (Å²) in [7, 11) is 1.23. The maximum Gasteiger partial charge on any atom is 0.274 e. The number of aliphatic hydroxyl groups excluding tert-OH is 1. The molecule has 1 aliphatic heterocycles. The second kappa shape index (κ2) is 9.25. The number of carbonyl (C=O) groups excluding carboxylic acids is 2. The number of ether oxygens (including phenoxy) is 1. The molecule has 1 aliphatic rings. The summed E-state index contributed by atoms with van der Waals surface area (Å²) in [4.78, 5) is 40.0. The van der Waals surface area contributed by atoms with Crippen LogP contribution in [0.15, 0.2) is 29.2 Å². The Balaban J connectivity index is 1.89. The van der Waals surface area contributed by atoms with Crippen molar-refractivity contribution in [1.29, 1.82) is 0 Å². The smallest absolute Gasteiger partial charge is 0.274 e. The van der Waals surface area contributed by atoms with E-state index in [9.17, 15) is 23.2 Å². The van der Waals surface area contributed by atoms with Crippen molar-refractivity contribution in [3.05, 3.63) is 63.1 Å². The first kappa shape index (κ1) is 22.4. The molecule has 2 heterocycles. The predicted molar refractivity (Wildman–Crippen MR) is 107 cm³/mol. The number of hydrogen-bond acceptors (Lipinski definition) is 5. The van der Waals surface area contributed by atoms with Gasteiger partial charge in [0.05, 0.1) is 7.11 Å². The number of hydrogen-bond donors (Lipinski definition) is 2. The normalized spacial score (nSPS) is 14.2. The molecule has 0 saturated carbocycles. The molecule has 2 N–H and O–H groups in total. The minimum atomic E-state index is -0.817. The highest BCUT2D eigenvalue weighted by Crippen LogP contribution is 2.23. The zero-order valence-corrected chi connectivity index (χ0v) is 17.2. The van der Waals surface area contributed by atoms with E-state index < -0.39 is 28.9 Å². The van der Waals surface area contributed by atoms with Gasteiger partial charge in [-0.25, -0.2) is 8.78 Å². The Morgan fingerprint density at radius 2 is 2.03 bits per heavy atom. The molecule has 0 fully saturated rings. The summed E-state index contributed by atoms with van der Waals surface area (Å²) in [5.74, 6) is -3.01. The first-order valence-corrected chi connectivity index (χ1v) is 9.73. The number of carbonyl (C=O) groups is 2. The molecular weight excluding hydrogens is 412 g/mol. The van der Waals surface area contributed by atoms with Crippen LogP contribution < -0.4 is 15.5 Å². The summed E-state index contributed by atoms with van der Waals surface area (Å²) in [5, 5.41) is 11.6. The van der Waals surface area contributed by atoms with Gasteiger partial charge < -0.3 is 24.6 Å².